The van der Waals surface area contributed by atoms with Crippen LogP contribution in [-0.4, -0.2) is 4.98 Å². The summed E-state index contributed by atoms with van der Waals surface area (Å²) in [4.78, 5) is 3.06. The second-order valence-corrected chi connectivity index (χ2v) is 5.03. The van der Waals surface area contributed by atoms with Crippen molar-refractivity contribution in [3.8, 4) is 6.07 Å². The molecule has 0 saturated carbocycles. The van der Waals surface area contributed by atoms with E-state index in [0.717, 1.165) is 18.6 Å². The van der Waals surface area contributed by atoms with Crippen molar-refractivity contribution < 1.29 is 52.8 Å². The van der Waals surface area contributed by atoms with Gasteiger partial charge in [0, 0.05) is 4.47 Å². The third-order valence-electron chi connectivity index (χ3n) is 1.61. The molecular formula is C8H4BrKN2S2. The molecule has 14 heavy (non-hydrogen) atoms. The van der Waals surface area contributed by atoms with Crippen LogP contribution in [0.5, 0.6) is 0 Å². The number of fused-ring (bicyclic) bond motifs is 1. The number of nitrogens with one attached hydrogen (secondary N) is 1. The first kappa shape index (κ1) is 13.0. The summed E-state index contributed by atoms with van der Waals surface area (Å²) in [7, 11) is 0. The van der Waals surface area contributed by atoms with Crippen LogP contribution in [-0.2, 0) is 0 Å². The van der Waals surface area contributed by atoms with Gasteiger partial charge in [0.15, 0.2) is 3.95 Å². The molecule has 2 nitrogen and oxygen atoms in total. The van der Waals surface area contributed by atoms with Crippen molar-refractivity contribution in [2.24, 2.45) is 0 Å². The molecule has 1 aromatic heterocycles. The average molecular weight is 311 g/mol. The van der Waals surface area contributed by atoms with Crippen LogP contribution in [0.4, 0.5) is 0 Å². The number of aromatic nitrogens is 1. The minimum absolute atomic E-state index is 0. The summed E-state index contributed by atoms with van der Waals surface area (Å²) < 4.78 is 2.62. The maximum Gasteiger partial charge on any atom is 1.00 e. The van der Waals surface area contributed by atoms with E-state index >= 15 is 0 Å². The fourth-order valence-electron chi connectivity index (χ4n) is 1.08. The number of nitriles is 1. The molecule has 0 radical (unpaired) electrons. The van der Waals surface area contributed by atoms with Gasteiger partial charge in [-0.05, 0) is 40.3 Å². The quantitative estimate of drug-likeness (QED) is 0.575. The van der Waals surface area contributed by atoms with Crippen molar-refractivity contribution in [2.75, 3.05) is 0 Å². The molecule has 0 fully saturated rings. The second kappa shape index (κ2) is 5.32. The van der Waals surface area contributed by atoms with Crippen LogP contribution >= 0.6 is 39.5 Å². The number of benzene rings is 1. The Morgan fingerprint density at radius 3 is 2.93 bits per heavy atom. The number of thiazole rings is 1. The minimum atomic E-state index is 0. The fraction of sp³-hybridized carbons (Fsp3) is 0. The molecule has 1 aromatic carbocycles. The van der Waals surface area contributed by atoms with Crippen molar-refractivity contribution in [3.05, 3.63) is 26.1 Å². The van der Waals surface area contributed by atoms with Gasteiger partial charge in [0.2, 0.25) is 0 Å². The number of hydrogen-bond donors (Lipinski definition) is 1. The van der Waals surface area contributed by atoms with Gasteiger partial charge in [0.25, 0.3) is 0 Å². The predicted molar refractivity (Wildman–Crippen MR) is 60.5 cm³/mol. The maximum absolute atomic E-state index is 8.73. The number of aromatic amines is 1. The summed E-state index contributed by atoms with van der Waals surface area (Å²) in [5.74, 6) is 0. The monoisotopic (exact) mass is 310 g/mol. The summed E-state index contributed by atoms with van der Waals surface area (Å²) in [6.45, 7) is 0. The van der Waals surface area contributed by atoms with E-state index in [1.54, 1.807) is 6.07 Å². The molecule has 6 heteroatoms. The van der Waals surface area contributed by atoms with Gasteiger partial charge in [-0.25, -0.2) is 0 Å². The molecule has 0 aliphatic carbocycles. The van der Waals surface area contributed by atoms with Crippen molar-refractivity contribution >= 4 is 49.7 Å². The van der Waals surface area contributed by atoms with Crippen molar-refractivity contribution in [2.45, 2.75) is 0 Å². The maximum atomic E-state index is 8.73. The molecule has 1 heterocycles. The Hall–Kier alpha value is 0.936. The summed E-state index contributed by atoms with van der Waals surface area (Å²) in [5, 5.41) is 8.73. The normalized spacial score (nSPS) is 9.43. The standard InChI is InChI=1S/C8H3BrN2S2.K.H/c9-5-1-4(3-10)2-6-7(5)11-8(12)13-6;;/h1-2H,(H,11,12);;/q;+1;-1. The van der Waals surface area contributed by atoms with E-state index in [9.17, 15) is 0 Å². The molecule has 0 spiro atoms. The van der Waals surface area contributed by atoms with Crippen LogP contribution in [0, 0.1) is 15.3 Å². The zero-order chi connectivity index (χ0) is 9.42. The number of halogens is 1. The van der Waals surface area contributed by atoms with Crippen LogP contribution in [0.25, 0.3) is 10.2 Å². The van der Waals surface area contributed by atoms with Crippen LogP contribution in [0.1, 0.15) is 6.99 Å². The van der Waals surface area contributed by atoms with Crippen molar-refractivity contribution in [3.63, 3.8) is 0 Å². The molecule has 0 aliphatic heterocycles. The van der Waals surface area contributed by atoms with Crippen molar-refractivity contribution in [1.82, 2.24) is 4.98 Å². The SMILES string of the molecule is N#Cc1cc(Br)c2[nH]c(=S)sc2c1.[H-].[K+]. The van der Waals surface area contributed by atoms with Crippen LogP contribution in [0.15, 0.2) is 16.6 Å². The van der Waals surface area contributed by atoms with E-state index in [1.165, 1.54) is 11.3 Å². The third-order valence-corrected chi connectivity index (χ3v) is 3.42. The molecule has 0 atom stereocenters. The van der Waals surface area contributed by atoms with Crippen LogP contribution < -0.4 is 51.4 Å². The van der Waals surface area contributed by atoms with E-state index in [2.05, 4.69) is 27.0 Å². The first-order valence-electron chi connectivity index (χ1n) is 3.43. The Morgan fingerprint density at radius 1 is 1.57 bits per heavy atom. The van der Waals surface area contributed by atoms with Gasteiger partial charge in [-0.1, -0.05) is 0 Å². The third kappa shape index (κ3) is 2.54. The molecule has 0 bridgehead atoms. The van der Waals surface area contributed by atoms with Crippen molar-refractivity contribution in [1.29, 1.82) is 5.26 Å². The summed E-state index contributed by atoms with van der Waals surface area (Å²) in [6.07, 6.45) is 0. The van der Waals surface area contributed by atoms with Gasteiger partial charge in [0.1, 0.15) is 0 Å². The van der Waals surface area contributed by atoms with Gasteiger partial charge in [-0.3, -0.25) is 0 Å². The Labute approximate surface area is 142 Å². The van der Waals surface area contributed by atoms with E-state index in [0.29, 0.717) is 5.56 Å². The molecular weight excluding hydrogens is 307 g/mol. The van der Waals surface area contributed by atoms with Crippen LogP contribution in [0.3, 0.4) is 0 Å². The van der Waals surface area contributed by atoms with E-state index in [1.807, 2.05) is 6.07 Å². The average Bonchev–Trinajstić information content (AvgIpc) is 2.46. The molecule has 0 aliphatic rings. The number of nitrogens with zero attached hydrogens (tertiary/aromatic N) is 1. The Morgan fingerprint density at radius 2 is 2.29 bits per heavy atom. The zero-order valence-corrected chi connectivity index (χ0v) is 13.6. The number of H-pyrrole nitrogens is 1. The molecule has 1 N–H and O–H groups in total. The number of rotatable bonds is 0. The molecule has 0 unspecified atom stereocenters. The summed E-state index contributed by atoms with van der Waals surface area (Å²) >= 11 is 9.87. The van der Waals surface area contributed by atoms with E-state index in [4.69, 9.17) is 17.5 Å². The summed E-state index contributed by atoms with van der Waals surface area (Å²) in [6, 6.07) is 5.71. The first-order chi connectivity index (χ1) is 6.20. The molecule has 2 rings (SSSR count). The smallest absolute Gasteiger partial charge is 1.00 e. The molecule has 66 valence electrons. The van der Waals surface area contributed by atoms with E-state index < -0.39 is 0 Å². The van der Waals surface area contributed by atoms with Crippen LogP contribution in [0.2, 0.25) is 0 Å². The predicted octanol–water partition coefficient (Wildman–Crippen LogP) is 0.710. The Bertz CT molecular complexity index is 572. The topological polar surface area (TPSA) is 39.6 Å². The van der Waals surface area contributed by atoms with Gasteiger partial charge in [-0.2, -0.15) is 5.26 Å². The fourth-order valence-corrected chi connectivity index (χ4v) is 2.94. The molecule has 0 saturated heterocycles. The number of hydrogen-bond acceptors (Lipinski definition) is 3. The molecule has 2 aromatic rings. The largest absolute Gasteiger partial charge is 1.00 e. The van der Waals surface area contributed by atoms with Gasteiger partial charge >= 0.3 is 51.4 Å². The second-order valence-electron chi connectivity index (χ2n) is 2.46. The van der Waals surface area contributed by atoms with Gasteiger partial charge in [0.05, 0.1) is 21.8 Å². The minimum Gasteiger partial charge on any atom is -1.00 e. The van der Waals surface area contributed by atoms with E-state index in [-0.39, 0.29) is 52.8 Å². The van der Waals surface area contributed by atoms with Gasteiger partial charge in [-0.15, -0.1) is 11.3 Å². The first-order valence-corrected chi connectivity index (χ1v) is 5.45. The molecule has 0 amide bonds. The zero-order valence-electron chi connectivity index (χ0n) is 8.30. The Kier molecular flexibility index (Phi) is 4.94. The Balaban J connectivity index is 0.000000980. The van der Waals surface area contributed by atoms with Gasteiger partial charge < -0.3 is 6.41 Å². The summed E-state index contributed by atoms with van der Waals surface area (Å²) in [5.41, 5.74) is 1.61.